The molecular weight excluding hydrogens is 372 g/mol. The lowest BCUT2D eigenvalue weighted by molar-refractivity contribution is 0.508. The quantitative estimate of drug-likeness (QED) is 0.311. The van der Waals surface area contributed by atoms with Gasteiger partial charge in [-0.1, -0.05) is 62.4 Å². The van der Waals surface area contributed by atoms with E-state index in [2.05, 4.69) is 26.0 Å². The molecule has 0 fully saturated rings. The molecule has 4 rings (SSSR count). The van der Waals surface area contributed by atoms with Crippen molar-refractivity contribution in [1.29, 1.82) is 0 Å². The minimum atomic E-state index is 0.148. The van der Waals surface area contributed by atoms with E-state index in [0.717, 1.165) is 52.4 Å². The van der Waals surface area contributed by atoms with Gasteiger partial charge in [-0.2, -0.15) is 0 Å². The van der Waals surface area contributed by atoms with Gasteiger partial charge in [-0.05, 0) is 42.7 Å². The third-order valence-corrected chi connectivity index (χ3v) is 7.54. The van der Waals surface area contributed by atoms with Gasteiger partial charge in [0.1, 0.15) is 4.83 Å². The molecule has 0 bridgehead atoms. The first-order valence-electron chi connectivity index (χ1n) is 9.89. The molecule has 0 radical (unpaired) electrons. The lowest BCUT2D eigenvalue weighted by Gasteiger charge is -2.18. The van der Waals surface area contributed by atoms with Gasteiger partial charge >= 0.3 is 0 Å². The third-order valence-electron chi connectivity index (χ3n) is 5.29. The van der Waals surface area contributed by atoms with E-state index < -0.39 is 0 Å². The highest BCUT2D eigenvalue weighted by Crippen LogP contribution is 2.36. The predicted octanol–water partition coefficient (Wildman–Crippen LogP) is 5.52. The van der Waals surface area contributed by atoms with E-state index in [4.69, 9.17) is 4.98 Å². The van der Waals surface area contributed by atoms with Gasteiger partial charge < -0.3 is 0 Å². The molecule has 3 aromatic rings. The maximum absolute atomic E-state index is 13.5. The van der Waals surface area contributed by atoms with Crippen molar-refractivity contribution in [2.75, 3.05) is 5.75 Å². The zero-order chi connectivity index (χ0) is 18.8. The molecule has 0 spiro atoms. The first-order valence-corrected chi connectivity index (χ1v) is 11.7. The van der Waals surface area contributed by atoms with Crippen LogP contribution in [-0.2, 0) is 19.4 Å². The van der Waals surface area contributed by atoms with E-state index in [1.54, 1.807) is 23.1 Å². The minimum Gasteiger partial charge on any atom is -0.283 e. The molecule has 0 aliphatic heterocycles. The standard InChI is InChI=1S/C22H26N2OS2/c1-3-4-12-26-22-23-20-19(17-13-15(2)10-11-18(17)27-20)21(25)24(22)14-16-8-6-5-7-9-16/h5-9,15H,3-4,10-14H2,1-2H3/t15-/m0/s1. The van der Waals surface area contributed by atoms with E-state index in [1.807, 2.05) is 22.8 Å². The number of aromatic nitrogens is 2. The van der Waals surface area contributed by atoms with Gasteiger partial charge in [0.05, 0.1) is 11.9 Å². The van der Waals surface area contributed by atoms with Crippen LogP contribution in [0.3, 0.4) is 0 Å². The molecule has 0 saturated heterocycles. The molecule has 2 heterocycles. The lowest BCUT2D eigenvalue weighted by atomic mass is 9.89. The SMILES string of the molecule is CCCCSc1nc2sc3c(c2c(=O)n1Cc1ccccc1)C[C@@H](C)CC3. The highest BCUT2D eigenvalue weighted by atomic mass is 32.2. The van der Waals surface area contributed by atoms with Crippen molar-refractivity contribution in [2.24, 2.45) is 5.92 Å². The second-order valence-corrected chi connectivity index (χ2v) is 9.65. The van der Waals surface area contributed by atoms with Crippen molar-refractivity contribution < 1.29 is 0 Å². The Morgan fingerprint density at radius 2 is 2.11 bits per heavy atom. The fourth-order valence-corrected chi connectivity index (χ4v) is 6.07. The Hall–Kier alpha value is -1.59. The summed E-state index contributed by atoms with van der Waals surface area (Å²) in [4.78, 5) is 20.9. The van der Waals surface area contributed by atoms with Crippen molar-refractivity contribution in [2.45, 2.75) is 57.7 Å². The lowest BCUT2D eigenvalue weighted by Crippen LogP contribution is -2.25. The summed E-state index contributed by atoms with van der Waals surface area (Å²) in [5, 5.41) is 1.76. The molecule has 0 unspecified atom stereocenters. The van der Waals surface area contributed by atoms with Crippen LogP contribution in [0.2, 0.25) is 0 Å². The Morgan fingerprint density at radius 3 is 2.89 bits per heavy atom. The number of unbranched alkanes of at least 4 members (excludes halogenated alkanes) is 1. The number of thioether (sulfide) groups is 1. The number of hydrogen-bond acceptors (Lipinski definition) is 4. The molecule has 5 heteroatoms. The maximum atomic E-state index is 13.5. The van der Waals surface area contributed by atoms with Crippen molar-refractivity contribution in [3.05, 3.63) is 56.7 Å². The van der Waals surface area contributed by atoms with E-state index in [-0.39, 0.29) is 5.56 Å². The largest absolute Gasteiger partial charge is 0.283 e. The summed E-state index contributed by atoms with van der Waals surface area (Å²) in [7, 11) is 0. The number of aryl methyl sites for hydroxylation is 1. The van der Waals surface area contributed by atoms with E-state index in [0.29, 0.717) is 12.5 Å². The van der Waals surface area contributed by atoms with E-state index in [9.17, 15) is 4.79 Å². The van der Waals surface area contributed by atoms with Crippen LogP contribution in [0, 0.1) is 5.92 Å². The van der Waals surface area contributed by atoms with Crippen molar-refractivity contribution in [3.8, 4) is 0 Å². The van der Waals surface area contributed by atoms with Gasteiger partial charge in [0.25, 0.3) is 5.56 Å². The molecule has 1 atom stereocenters. The van der Waals surface area contributed by atoms with Gasteiger partial charge in [-0.25, -0.2) is 4.98 Å². The molecule has 142 valence electrons. The third kappa shape index (κ3) is 3.85. The summed E-state index contributed by atoms with van der Waals surface area (Å²) >= 11 is 3.47. The van der Waals surface area contributed by atoms with Crippen LogP contribution in [0.15, 0.2) is 40.3 Å². The number of benzene rings is 1. The zero-order valence-electron chi connectivity index (χ0n) is 16.0. The zero-order valence-corrected chi connectivity index (χ0v) is 17.7. The smallest absolute Gasteiger partial charge is 0.263 e. The van der Waals surface area contributed by atoms with Gasteiger partial charge in [0, 0.05) is 10.6 Å². The summed E-state index contributed by atoms with van der Waals surface area (Å²) in [6.45, 7) is 5.08. The molecule has 1 aliphatic rings. The van der Waals surface area contributed by atoms with Crippen molar-refractivity contribution in [3.63, 3.8) is 0 Å². The summed E-state index contributed by atoms with van der Waals surface area (Å²) in [5.41, 5.74) is 2.57. The van der Waals surface area contributed by atoms with Crippen molar-refractivity contribution >= 4 is 33.3 Å². The van der Waals surface area contributed by atoms with Crippen LogP contribution in [0.25, 0.3) is 10.2 Å². The second-order valence-electron chi connectivity index (χ2n) is 7.51. The molecule has 0 N–H and O–H groups in total. The van der Waals surface area contributed by atoms with Crippen LogP contribution >= 0.6 is 23.1 Å². The number of hydrogen-bond donors (Lipinski definition) is 0. The molecule has 27 heavy (non-hydrogen) atoms. The van der Waals surface area contributed by atoms with Gasteiger partial charge in [-0.15, -0.1) is 11.3 Å². The van der Waals surface area contributed by atoms with Gasteiger partial charge in [0.15, 0.2) is 5.16 Å². The first-order chi connectivity index (χ1) is 13.2. The molecule has 0 amide bonds. The van der Waals surface area contributed by atoms with Crippen LogP contribution in [-0.4, -0.2) is 15.3 Å². The Kier molecular flexibility index (Phi) is 5.69. The Morgan fingerprint density at radius 1 is 1.30 bits per heavy atom. The van der Waals surface area contributed by atoms with Crippen LogP contribution in [0.1, 0.15) is 49.1 Å². The molecule has 1 aliphatic carbocycles. The van der Waals surface area contributed by atoms with Crippen LogP contribution < -0.4 is 5.56 Å². The Bertz CT molecular complexity index is 991. The molecule has 1 aromatic carbocycles. The summed E-state index contributed by atoms with van der Waals surface area (Å²) in [5.74, 6) is 1.65. The topological polar surface area (TPSA) is 34.9 Å². The van der Waals surface area contributed by atoms with Crippen LogP contribution in [0.5, 0.6) is 0 Å². The van der Waals surface area contributed by atoms with Gasteiger partial charge in [0.2, 0.25) is 0 Å². The molecule has 3 nitrogen and oxygen atoms in total. The predicted molar refractivity (Wildman–Crippen MR) is 116 cm³/mol. The maximum Gasteiger partial charge on any atom is 0.263 e. The number of rotatable bonds is 6. The van der Waals surface area contributed by atoms with E-state index in [1.165, 1.54) is 16.9 Å². The van der Waals surface area contributed by atoms with E-state index >= 15 is 0 Å². The minimum absolute atomic E-state index is 0.148. The molecule has 2 aromatic heterocycles. The normalized spacial score (nSPS) is 16.6. The average Bonchev–Trinajstić information content (AvgIpc) is 3.03. The van der Waals surface area contributed by atoms with Crippen molar-refractivity contribution in [1.82, 2.24) is 9.55 Å². The highest BCUT2D eigenvalue weighted by Gasteiger charge is 2.24. The summed E-state index contributed by atoms with van der Waals surface area (Å²) < 4.78 is 1.91. The molecular formula is C22H26N2OS2. The highest BCUT2D eigenvalue weighted by molar-refractivity contribution is 7.99. The Balaban J connectivity index is 1.83. The monoisotopic (exact) mass is 398 g/mol. The van der Waals surface area contributed by atoms with Crippen LogP contribution in [0.4, 0.5) is 0 Å². The summed E-state index contributed by atoms with van der Waals surface area (Å²) in [6, 6.07) is 10.3. The summed E-state index contributed by atoms with van der Waals surface area (Å²) in [6.07, 6.45) is 5.62. The second kappa shape index (κ2) is 8.19. The fourth-order valence-electron chi connectivity index (χ4n) is 3.74. The fraction of sp³-hybridized carbons (Fsp3) is 0.455. The molecule has 0 saturated carbocycles. The first kappa shape index (κ1) is 18.8. The number of nitrogens with zero attached hydrogens (tertiary/aromatic N) is 2. The number of fused-ring (bicyclic) bond motifs is 3. The van der Waals surface area contributed by atoms with Gasteiger partial charge in [-0.3, -0.25) is 9.36 Å². The Labute approximate surface area is 168 Å². The number of thiophene rings is 1. The average molecular weight is 399 g/mol.